The van der Waals surface area contributed by atoms with E-state index in [9.17, 15) is 9.90 Å². The van der Waals surface area contributed by atoms with Crippen LogP contribution in [0.3, 0.4) is 0 Å². The van der Waals surface area contributed by atoms with Gasteiger partial charge in [0.1, 0.15) is 6.10 Å². The van der Waals surface area contributed by atoms with Gasteiger partial charge in [0.05, 0.1) is 13.2 Å². The van der Waals surface area contributed by atoms with E-state index in [4.69, 9.17) is 9.47 Å². The number of rotatable bonds is 35. The molecule has 0 rings (SSSR count). The molecule has 4 nitrogen and oxygen atoms in total. The first-order valence-electron chi connectivity index (χ1n) is 19.1. The van der Waals surface area contributed by atoms with Gasteiger partial charge in [-0.2, -0.15) is 0 Å². The van der Waals surface area contributed by atoms with Crippen molar-refractivity contribution in [2.75, 3.05) is 19.8 Å². The zero-order valence-corrected chi connectivity index (χ0v) is 29.4. The Morgan fingerprint density at radius 1 is 0.545 bits per heavy atom. The Bertz CT molecular complexity index is 654. The zero-order valence-electron chi connectivity index (χ0n) is 29.4. The molecule has 44 heavy (non-hydrogen) atoms. The summed E-state index contributed by atoms with van der Waals surface area (Å²) in [4.78, 5) is 12.2. The maximum atomic E-state index is 12.2. The first-order valence-corrected chi connectivity index (χ1v) is 19.1. The summed E-state index contributed by atoms with van der Waals surface area (Å²) in [5, 5.41) is 9.56. The summed E-state index contributed by atoms with van der Waals surface area (Å²) in [6.07, 6.45) is 46.1. The van der Waals surface area contributed by atoms with Crippen LogP contribution in [0, 0.1) is 0 Å². The third-order valence-electron chi connectivity index (χ3n) is 8.19. The molecule has 0 fully saturated rings. The molecule has 0 bridgehead atoms. The van der Waals surface area contributed by atoms with Gasteiger partial charge in [-0.15, -0.1) is 0 Å². The molecule has 0 aromatic rings. The van der Waals surface area contributed by atoms with E-state index in [1.54, 1.807) is 0 Å². The molecule has 4 heteroatoms. The SMILES string of the molecule is CCCCC/C=C\C/C=C\CCCCCCCCCC(=O)OC(CO)COCCCCCCCC/C=C\CCCCCCC. The van der Waals surface area contributed by atoms with E-state index >= 15 is 0 Å². The highest BCUT2D eigenvalue weighted by molar-refractivity contribution is 5.69. The van der Waals surface area contributed by atoms with Gasteiger partial charge in [0, 0.05) is 13.0 Å². The van der Waals surface area contributed by atoms with Crippen LogP contribution in [0.4, 0.5) is 0 Å². The molecule has 0 amide bonds. The molecule has 0 heterocycles. The van der Waals surface area contributed by atoms with Crippen molar-refractivity contribution in [1.82, 2.24) is 0 Å². The zero-order chi connectivity index (χ0) is 32.0. The maximum Gasteiger partial charge on any atom is 0.306 e. The van der Waals surface area contributed by atoms with Gasteiger partial charge in [-0.3, -0.25) is 4.79 Å². The minimum Gasteiger partial charge on any atom is -0.457 e. The van der Waals surface area contributed by atoms with Crippen LogP contribution in [0.25, 0.3) is 0 Å². The number of aliphatic hydroxyl groups is 1. The lowest BCUT2D eigenvalue weighted by Crippen LogP contribution is -2.27. The van der Waals surface area contributed by atoms with E-state index in [2.05, 4.69) is 50.3 Å². The van der Waals surface area contributed by atoms with Gasteiger partial charge >= 0.3 is 5.97 Å². The minimum absolute atomic E-state index is 0.177. The lowest BCUT2D eigenvalue weighted by molar-refractivity contribution is -0.154. The van der Waals surface area contributed by atoms with Crippen LogP contribution in [0.15, 0.2) is 36.5 Å². The van der Waals surface area contributed by atoms with E-state index < -0.39 is 6.10 Å². The van der Waals surface area contributed by atoms with Gasteiger partial charge in [0.25, 0.3) is 0 Å². The molecule has 258 valence electrons. The van der Waals surface area contributed by atoms with Crippen molar-refractivity contribution in [1.29, 1.82) is 0 Å². The van der Waals surface area contributed by atoms with Crippen molar-refractivity contribution >= 4 is 5.97 Å². The Morgan fingerprint density at radius 2 is 0.955 bits per heavy atom. The third kappa shape index (κ3) is 35.1. The van der Waals surface area contributed by atoms with Gasteiger partial charge in [-0.1, -0.05) is 147 Å². The van der Waals surface area contributed by atoms with Crippen molar-refractivity contribution in [2.24, 2.45) is 0 Å². The lowest BCUT2D eigenvalue weighted by atomic mass is 10.1. The highest BCUT2D eigenvalue weighted by Gasteiger charge is 2.13. The fourth-order valence-electron chi connectivity index (χ4n) is 5.29. The molecule has 1 atom stereocenters. The second-order valence-electron chi connectivity index (χ2n) is 12.6. The van der Waals surface area contributed by atoms with Crippen molar-refractivity contribution in [3.63, 3.8) is 0 Å². The van der Waals surface area contributed by atoms with Crippen LogP contribution in [-0.2, 0) is 14.3 Å². The molecule has 1 N–H and O–H groups in total. The van der Waals surface area contributed by atoms with Crippen LogP contribution in [0.1, 0.15) is 187 Å². The second kappa shape index (κ2) is 37.8. The predicted molar refractivity (Wildman–Crippen MR) is 191 cm³/mol. The topological polar surface area (TPSA) is 55.8 Å². The number of allylic oxidation sites excluding steroid dienone is 6. The first kappa shape index (κ1) is 42.6. The van der Waals surface area contributed by atoms with Gasteiger partial charge in [-0.25, -0.2) is 0 Å². The van der Waals surface area contributed by atoms with Crippen LogP contribution in [0.2, 0.25) is 0 Å². The van der Waals surface area contributed by atoms with Crippen LogP contribution in [-0.4, -0.2) is 37.0 Å². The van der Waals surface area contributed by atoms with Crippen LogP contribution < -0.4 is 0 Å². The molecule has 0 aliphatic rings. The van der Waals surface area contributed by atoms with E-state index in [1.165, 1.54) is 141 Å². The van der Waals surface area contributed by atoms with Gasteiger partial charge < -0.3 is 14.6 Å². The van der Waals surface area contributed by atoms with Crippen molar-refractivity contribution in [3.8, 4) is 0 Å². The second-order valence-corrected chi connectivity index (χ2v) is 12.6. The van der Waals surface area contributed by atoms with Gasteiger partial charge in [-0.05, 0) is 70.6 Å². The number of aliphatic hydroxyl groups excluding tert-OH is 1. The molecule has 0 saturated heterocycles. The predicted octanol–water partition coefficient (Wildman–Crippen LogP) is 12.1. The highest BCUT2D eigenvalue weighted by Crippen LogP contribution is 2.12. The average Bonchev–Trinajstić information content (AvgIpc) is 3.03. The van der Waals surface area contributed by atoms with Crippen LogP contribution in [0.5, 0.6) is 0 Å². The Morgan fingerprint density at radius 3 is 1.48 bits per heavy atom. The molecule has 0 aliphatic carbocycles. The fraction of sp³-hybridized carbons (Fsp3) is 0.825. The molecular formula is C40H74O4. The Labute approximate surface area is 274 Å². The molecule has 0 spiro atoms. The number of hydrogen-bond donors (Lipinski definition) is 1. The number of ether oxygens (including phenoxy) is 2. The first-order chi connectivity index (χ1) is 21.7. The molecule has 0 aliphatic heterocycles. The quantitative estimate of drug-likeness (QED) is 0.0436. The van der Waals surface area contributed by atoms with Crippen molar-refractivity contribution in [2.45, 2.75) is 193 Å². The summed E-state index contributed by atoms with van der Waals surface area (Å²) in [6, 6.07) is 0. The van der Waals surface area contributed by atoms with Gasteiger partial charge in [0.2, 0.25) is 0 Å². The molecule has 1 unspecified atom stereocenters. The highest BCUT2D eigenvalue weighted by atomic mass is 16.6. The molecule has 0 aromatic heterocycles. The Kier molecular flexibility index (Phi) is 36.6. The number of carbonyl (C=O) groups excluding carboxylic acids is 1. The standard InChI is InChI=1S/C40H74O4/c1-3-5-7-9-11-13-15-17-19-20-21-23-25-27-29-31-33-35-40(42)44-39(37-41)38-43-36-34-32-30-28-26-24-22-18-16-14-12-10-8-6-4-2/h11,13,16-19,39,41H,3-10,12,14-15,20-38H2,1-2H3/b13-11-,18-16-,19-17-. The Balaban J connectivity index is 3.46. The minimum atomic E-state index is -0.539. The number of hydrogen-bond acceptors (Lipinski definition) is 4. The van der Waals surface area contributed by atoms with Crippen molar-refractivity contribution < 1.29 is 19.4 Å². The van der Waals surface area contributed by atoms with E-state index in [0.29, 0.717) is 13.0 Å². The molecule has 0 radical (unpaired) electrons. The third-order valence-corrected chi connectivity index (χ3v) is 8.19. The van der Waals surface area contributed by atoms with Crippen molar-refractivity contribution in [3.05, 3.63) is 36.5 Å². The lowest BCUT2D eigenvalue weighted by Gasteiger charge is -2.15. The van der Waals surface area contributed by atoms with Crippen LogP contribution >= 0.6 is 0 Å². The summed E-state index contributed by atoms with van der Waals surface area (Å²) in [5.41, 5.74) is 0. The van der Waals surface area contributed by atoms with Gasteiger partial charge in [0.15, 0.2) is 0 Å². The fourth-order valence-corrected chi connectivity index (χ4v) is 5.29. The monoisotopic (exact) mass is 619 g/mol. The summed E-state index contributed by atoms with van der Waals surface area (Å²) in [7, 11) is 0. The summed E-state index contributed by atoms with van der Waals surface area (Å²) >= 11 is 0. The largest absolute Gasteiger partial charge is 0.457 e. The molecule has 0 aromatic carbocycles. The normalized spacial score (nSPS) is 12.7. The summed E-state index contributed by atoms with van der Waals surface area (Å²) < 4.78 is 11.1. The molecular weight excluding hydrogens is 544 g/mol. The Hall–Kier alpha value is -1.39. The maximum absolute atomic E-state index is 12.2. The summed E-state index contributed by atoms with van der Waals surface area (Å²) in [5.74, 6) is -0.211. The van der Waals surface area contributed by atoms with E-state index in [-0.39, 0.29) is 19.2 Å². The van der Waals surface area contributed by atoms with E-state index in [1.807, 2.05) is 0 Å². The average molecular weight is 619 g/mol. The smallest absolute Gasteiger partial charge is 0.306 e. The summed E-state index contributed by atoms with van der Waals surface area (Å²) in [6.45, 7) is 5.30. The number of esters is 1. The van der Waals surface area contributed by atoms with E-state index in [0.717, 1.165) is 25.7 Å². The molecule has 0 saturated carbocycles. The number of carbonyl (C=O) groups is 1. The number of unbranched alkanes of at least 4 members (excludes halogenated alkanes) is 21.